The number of hydrogen-bond acceptors (Lipinski definition) is 4. The largest absolute Gasteiger partial charge is 0.496 e. The summed E-state index contributed by atoms with van der Waals surface area (Å²) < 4.78 is 11.2. The molecular formula is C20H21ClN2O3. The minimum absolute atomic E-state index is 0.199. The van der Waals surface area contributed by atoms with Gasteiger partial charge in [-0.25, -0.2) is 0 Å². The lowest BCUT2D eigenvalue weighted by atomic mass is 10.1. The van der Waals surface area contributed by atoms with Gasteiger partial charge >= 0.3 is 0 Å². The van der Waals surface area contributed by atoms with Crippen molar-refractivity contribution in [2.75, 3.05) is 14.2 Å². The Morgan fingerprint density at radius 3 is 2.69 bits per heavy atom. The molecule has 0 saturated carbocycles. The van der Waals surface area contributed by atoms with E-state index < -0.39 is 0 Å². The predicted molar refractivity (Wildman–Crippen MR) is 102 cm³/mol. The molecule has 5 nitrogen and oxygen atoms in total. The molecule has 0 unspecified atom stereocenters. The molecule has 0 spiro atoms. The van der Waals surface area contributed by atoms with Crippen molar-refractivity contribution in [2.45, 2.75) is 27.3 Å². The average Bonchev–Trinajstić information content (AvgIpc) is 2.93. The first kappa shape index (κ1) is 18.3. The number of nitrogens with zero attached hydrogens (tertiary/aromatic N) is 2. The number of aryl methyl sites for hydroxylation is 2. The molecule has 0 aliphatic heterocycles. The molecule has 0 bridgehead atoms. The summed E-state index contributed by atoms with van der Waals surface area (Å²) in [6, 6.07) is 5.33. The van der Waals surface area contributed by atoms with Gasteiger partial charge in [-0.15, -0.1) is 0 Å². The lowest BCUT2D eigenvalue weighted by molar-refractivity contribution is 0.0753. The number of fused-ring (bicyclic) bond motifs is 1. The maximum absolute atomic E-state index is 12.9. The van der Waals surface area contributed by atoms with Gasteiger partial charge in [0.25, 0.3) is 5.91 Å². The quantitative estimate of drug-likeness (QED) is 0.666. The number of carbonyl (C=O) groups excluding carboxylic acids is 1. The highest BCUT2D eigenvalue weighted by Crippen LogP contribution is 2.29. The minimum Gasteiger partial charge on any atom is -0.496 e. The first-order valence-electron chi connectivity index (χ1n) is 8.26. The topological polar surface area (TPSA) is 55.6 Å². The van der Waals surface area contributed by atoms with Crippen LogP contribution in [0.4, 0.5) is 0 Å². The van der Waals surface area contributed by atoms with Gasteiger partial charge in [0.2, 0.25) is 0 Å². The van der Waals surface area contributed by atoms with Gasteiger partial charge in [0.15, 0.2) is 5.76 Å². The number of benzene rings is 1. The molecule has 6 heteroatoms. The monoisotopic (exact) mass is 372 g/mol. The number of ether oxygens (including phenoxy) is 1. The molecule has 0 aliphatic rings. The number of hydrogen-bond donors (Lipinski definition) is 0. The van der Waals surface area contributed by atoms with Crippen LogP contribution in [0.1, 0.15) is 32.9 Å². The number of amides is 1. The van der Waals surface area contributed by atoms with Gasteiger partial charge in [-0.3, -0.25) is 9.78 Å². The van der Waals surface area contributed by atoms with Crippen LogP contribution >= 0.6 is 11.6 Å². The Labute approximate surface area is 157 Å². The number of halogens is 1. The Bertz CT molecular complexity index is 994. The fraction of sp³-hybridized carbons (Fsp3) is 0.300. The molecule has 1 amide bonds. The Kier molecular flexibility index (Phi) is 4.92. The SMILES string of the molecule is COc1c(C)cnc(CN(C)C(=O)c2oc3ccc(Cl)cc3c2C)c1C. The number of furan rings is 1. The van der Waals surface area contributed by atoms with E-state index in [2.05, 4.69) is 4.98 Å². The molecule has 1 aromatic carbocycles. The molecule has 0 radical (unpaired) electrons. The highest BCUT2D eigenvalue weighted by atomic mass is 35.5. The van der Waals surface area contributed by atoms with Crippen molar-refractivity contribution in [2.24, 2.45) is 0 Å². The number of rotatable bonds is 4. The van der Waals surface area contributed by atoms with Crippen molar-refractivity contribution in [1.29, 1.82) is 0 Å². The number of pyridine rings is 1. The Balaban J connectivity index is 1.90. The summed E-state index contributed by atoms with van der Waals surface area (Å²) in [6.07, 6.45) is 1.76. The van der Waals surface area contributed by atoms with Crippen molar-refractivity contribution in [3.63, 3.8) is 0 Å². The molecule has 0 N–H and O–H groups in total. The molecular weight excluding hydrogens is 352 g/mol. The van der Waals surface area contributed by atoms with Gasteiger partial charge in [0, 0.05) is 40.3 Å². The van der Waals surface area contributed by atoms with Crippen molar-refractivity contribution < 1.29 is 13.9 Å². The average molecular weight is 373 g/mol. The smallest absolute Gasteiger partial charge is 0.289 e. The molecule has 3 aromatic rings. The van der Waals surface area contributed by atoms with Gasteiger partial charge < -0.3 is 14.1 Å². The standard InChI is InChI=1S/C20H21ClN2O3/c1-11-9-22-16(13(3)18(11)25-5)10-23(4)20(24)19-12(2)15-8-14(21)6-7-17(15)26-19/h6-9H,10H2,1-5H3. The second-order valence-corrected chi connectivity index (χ2v) is 6.84. The summed E-state index contributed by atoms with van der Waals surface area (Å²) in [6.45, 7) is 6.11. The van der Waals surface area contributed by atoms with Gasteiger partial charge in [-0.05, 0) is 39.0 Å². The van der Waals surface area contributed by atoms with Crippen molar-refractivity contribution in [1.82, 2.24) is 9.88 Å². The van der Waals surface area contributed by atoms with E-state index in [4.69, 9.17) is 20.8 Å². The number of methoxy groups -OCH3 is 1. The fourth-order valence-electron chi connectivity index (χ4n) is 3.10. The van der Waals surface area contributed by atoms with Gasteiger partial charge in [-0.2, -0.15) is 0 Å². The van der Waals surface area contributed by atoms with Crippen molar-refractivity contribution in [3.8, 4) is 5.75 Å². The van der Waals surface area contributed by atoms with Crippen LogP contribution in [-0.2, 0) is 6.54 Å². The summed E-state index contributed by atoms with van der Waals surface area (Å²) in [5.41, 5.74) is 4.12. The van der Waals surface area contributed by atoms with Crippen molar-refractivity contribution >= 4 is 28.5 Å². The second-order valence-electron chi connectivity index (χ2n) is 6.40. The van der Waals surface area contributed by atoms with E-state index in [0.717, 1.165) is 33.5 Å². The van der Waals surface area contributed by atoms with Crippen LogP contribution in [0, 0.1) is 20.8 Å². The Morgan fingerprint density at radius 1 is 1.27 bits per heavy atom. The van der Waals surface area contributed by atoms with Crippen LogP contribution in [0.5, 0.6) is 5.75 Å². The minimum atomic E-state index is -0.199. The van der Waals surface area contributed by atoms with Gasteiger partial charge in [-0.1, -0.05) is 11.6 Å². The molecule has 0 aliphatic carbocycles. The lowest BCUT2D eigenvalue weighted by Crippen LogP contribution is -2.27. The van der Waals surface area contributed by atoms with Crippen LogP contribution in [0.2, 0.25) is 5.02 Å². The molecule has 2 heterocycles. The van der Waals surface area contributed by atoms with Gasteiger partial charge in [0.05, 0.1) is 19.3 Å². The van der Waals surface area contributed by atoms with E-state index in [1.807, 2.05) is 26.8 Å². The summed E-state index contributed by atoms with van der Waals surface area (Å²) in [4.78, 5) is 18.9. The summed E-state index contributed by atoms with van der Waals surface area (Å²) in [5, 5.41) is 1.46. The molecule has 26 heavy (non-hydrogen) atoms. The van der Waals surface area contributed by atoms with E-state index in [9.17, 15) is 4.79 Å². The van der Waals surface area contributed by atoms with E-state index >= 15 is 0 Å². The van der Waals surface area contributed by atoms with Crippen LogP contribution in [0.15, 0.2) is 28.8 Å². The normalized spacial score (nSPS) is 11.0. The highest BCUT2D eigenvalue weighted by molar-refractivity contribution is 6.31. The predicted octanol–water partition coefficient (Wildman–Crippen LogP) is 4.69. The third-order valence-electron chi connectivity index (χ3n) is 4.58. The molecule has 0 saturated heterocycles. The fourth-order valence-corrected chi connectivity index (χ4v) is 3.27. The van der Waals surface area contributed by atoms with Crippen LogP contribution in [0.25, 0.3) is 11.0 Å². The van der Waals surface area contributed by atoms with E-state index in [-0.39, 0.29) is 5.91 Å². The summed E-state index contributed by atoms with van der Waals surface area (Å²) in [7, 11) is 3.37. The van der Waals surface area contributed by atoms with E-state index in [0.29, 0.717) is 22.9 Å². The molecule has 136 valence electrons. The Morgan fingerprint density at radius 2 is 2.00 bits per heavy atom. The molecule has 0 atom stereocenters. The van der Waals surface area contributed by atoms with E-state index in [1.54, 1.807) is 37.4 Å². The van der Waals surface area contributed by atoms with E-state index in [1.165, 1.54) is 0 Å². The van der Waals surface area contributed by atoms with Gasteiger partial charge in [0.1, 0.15) is 11.3 Å². The third kappa shape index (κ3) is 3.15. The summed E-state index contributed by atoms with van der Waals surface area (Å²) >= 11 is 6.05. The van der Waals surface area contributed by atoms with Crippen molar-refractivity contribution in [3.05, 3.63) is 57.6 Å². The third-order valence-corrected chi connectivity index (χ3v) is 4.81. The lowest BCUT2D eigenvalue weighted by Gasteiger charge is -2.18. The summed E-state index contributed by atoms with van der Waals surface area (Å²) in [5.74, 6) is 0.919. The zero-order valence-corrected chi connectivity index (χ0v) is 16.3. The highest BCUT2D eigenvalue weighted by Gasteiger charge is 2.22. The van der Waals surface area contributed by atoms with Crippen LogP contribution in [-0.4, -0.2) is 29.9 Å². The maximum atomic E-state index is 12.9. The zero-order valence-electron chi connectivity index (χ0n) is 15.5. The molecule has 2 aromatic heterocycles. The maximum Gasteiger partial charge on any atom is 0.289 e. The molecule has 0 fully saturated rings. The Hall–Kier alpha value is -2.53. The van der Waals surface area contributed by atoms with Crippen LogP contribution in [0.3, 0.4) is 0 Å². The first-order chi connectivity index (χ1) is 12.3. The first-order valence-corrected chi connectivity index (χ1v) is 8.64. The zero-order chi connectivity index (χ0) is 19.0. The number of carbonyl (C=O) groups is 1. The second kappa shape index (κ2) is 7.00. The van der Waals surface area contributed by atoms with Crippen LogP contribution < -0.4 is 4.74 Å². The molecule has 3 rings (SSSR count). The number of aromatic nitrogens is 1.